The van der Waals surface area contributed by atoms with Crippen LogP contribution in [0.25, 0.3) is 0 Å². The van der Waals surface area contributed by atoms with Crippen LogP contribution in [-0.2, 0) is 0 Å². The summed E-state index contributed by atoms with van der Waals surface area (Å²) in [5.74, 6) is 1.63. The lowest BCUT2D eigenvalue weighted by molar-refractivity contribution is 0.310. The number of hydrogen-bond donors (Lipinski definition) is 1. The van der Waals surface area contributed by atoms with Gasteiger partial charge in [0, 0.05) is 6.54 Å². The SMILES string of the molecule is CC(CN)CCCN1CCC(C)C1. The molecule has 2 nitrogen and oxygen atoms in total. The molecule has 0 aromatic rings. The summed E-state index contributed by atoms with van der Waals surface area (Å²) in [6.07, 6.45) is 4.01. The van der Waals surface area contributed by atoms with Crippen molar-refractivity contribution in [1.29, 1.82) is 0 Å². The van der Waals surface area contributed by atoms with Gasteiger partial charge in [0.2, 0.25) is 0 Å². The van der Waals surface area contributed by atoms with E-state index in [1.54, 1.807) is 0 Å². The average molecular weight is 184 g/mol. The van der Waals surface area contributed by atoms with Crippen molar-refractivity contribution in [2.24, 2.45) is 17.6 Å². The van der Waals surface area contributed by atoms with E-state index in [0.717, 1.165) is 12.5 Å². The number of hydrogen-bond acceptors (Lipinski definition) is 2. The van der Waals surface area contributed by atoms with E-state index in [9.17, 15) is 0 Å². The van der Waals surface area contributed by atoms with Gasteiger partial charge in [-0.1, -0.05) is 13.8 Å². The molecule has 0 aromatic heterocycles. The molecule has 2 N–H and O–H groups in total. The molecule has 0 bridgehead atoms. The number of nitrogens with zero attached hydrogens (tertiary/aromatic N) is 1. The Hall–Kier alpha value is -0.0800. The molecule has 1 rings (SSSR count). The van der Waals surface area contributed by atoms with Crippen LogP contribution >= 0.6 is 0 Å². The van der Waals surface area contributed by atoms with Crippen molar-refractivity contribution in [1.82, 2.24) is 4.90 Å². The van der Waals surface area contributed by atoms with Crippen molar-refractivity contribution in [3.63, 3.8) is 0 Å². The van der Waals surface area contributed by atoms with Crippen molar-refractivity contribution in [3.05, 3.63) is 0 Å². The van der Waals surface area contributed by atoms with Crippen LogP contribution < -0.4 is 5.73 Å². The molecule has 2 heteroatoms. The summed E-state index contributed by atoms with van der Waals surface area (Å²) in [4.78, 5) is 2.59. The number of nitrogens with two attached hydrogens (primary N) is 1. The van der Waals surface area contributed by atoms with Gasteiger partial charge in [-0.2, -0.15) is 0 Å². The number of likely N-dealkylation sites (tertiary alicyclic amines) is 1. The van der Waals surface area contributed by atoms with Gasteiger partial charge in [0.15, 0.2) is 0 Å². The third kappa shape index (κ3) is 4.10. The van der Waals surface area contributed by atoms with Crippen molar-refractivity contribution in [2.75, 3.05) is 26.2 Å². The fraction of sp³-hybridized carbons (Fsp3) is 1.00. The van der Waals surface area contributed by atoms with Gasteiger partial charge in [-0.05, 0) is 50.7 Å². The van der Waals surface area contributed by atoms with Crippen LogP contribution in [0.1, 0.15) is 33.1 Å². The summed E-state index contributed by atoms with van der Waals surface area (Å²) in [5.41, 5.74) is 5.57. The molecule has 13 heavy (non-hydrogen) atoms. The van der Waals surface area contributed by atoms with Gasteiger partial charge in [0.05, 0.1) is 0 Å². The molecule has 1 heterocycles. The van der Waals surface area contributed by atoms with E-state index in [1.807, 2.05) is 0 Å². The van der Waals surface area contributed by atoms with Crippen molar-refractivity contribution < 1.29 is 0 Å². The second-order valence-corrected chi connectivity index (χ2v) is 4.68. The molecule has 78 valence electrons. The van der Waals surface area contributed by atoms with E-state index >= 15 is 0 Å². The molecule has 0 radical (unpaired) electrons. The maximum Gasteiger partial charge on any atom is 0.000750 e. The molecule has 0 amide bonds. The van der Waals surface area contributed by atoms with Crippen molar-refractivity contribution >= 4 is 0 Å². The van der Waals surface area contributed by atoms with Crippen LogP contribution in [-0.4, -0.2) is 31.1 Å². The predicted octanol–water partition coefficient (Wildman–Crippen LogP) is 1.70. The molecule has 1 fully saturated rings. The highest BCUT2D eigenvalue weighted by Gasteiger charge is 2.17. The molecule has 1 saturated heterocycles. The molecular formula is C11H24N2. The Labute approximate surface area is 82.5 Å². The van der Waals surface area contributed by atoms with E-state index < -0.39 is 0 Å². The zero-order chi connectivity index (χ0) is 9.68. The van der Waals surface area contributed by atoms with E-state index in [1.165, 1.54) is 38.9 Å². The standard InChI is InChI=1S/C11H24N2/c1-10(8-12)4-3-6-13-7-5-11(2)9-13/h10-11H,3-9,12H2,1-2H3. The molecule has 1 aliphatic rings. The molecule has 0 spiro atoms. The van der Waals surface area contributed by atoms with E-state index in [2.05, 4.69) is 18.7 Å². The first-order valence-corrected chi connectivity index (χ1v) is 5.64. The quantitative estimate of drug-likeness (QED) is 0.704. The first-order chi connectivity index (χ1) is 6.22. The second kappa shape index (κ2) is 5.61. The van der Waals surface area contributed by atoms with Crippen molar-refractivity contribution in [2.45, 2.75) is 33.1 Å². The smallest absolute Gasteiger partial charge is 0.000750 e. The summed E-state index contributed by atoms with van der Waals surface area (Å²) in [5, 5.41) is 0. The van der Waals surface area contributed by atoms with Crippen LogP contribution in [0, 0.1) is 11.8 Å². The van der Waals surface area contributed by atoms with Crippen molar-refractivity contribution in [3.8, 4) is 0 Å². The Morgan fingerprint density at radius 3 is 2.85 bits per heavy atom. The van der Waals surface area contributed by atoms with Crippen LogP contribution in [0.2, 0.25) is 0 Å². The Kier molecular flexibility index (Phi) is 4.74. The van der Waals surface area contributed by atoms with Crippen LogP contribution in [0.4, 0.5) is 0 Å². The summed E-state index contributed by atoms with van der Waals surface area (Å²) in [7, 11) is 0. The van der Waals surface area contributed by atoms with Gasteiger partial charge >= 0.3 is 0 Å². The highest BCUT2D eigenvalue weighted by Crippen LogP contribution is 2.16. The van der Waals surface area contributed by atoms with Gasteiger partial charge in [-0.3, -0.25) is 0 Å². The van der Waals surface area contributed by atoms with E-state index in [4.69, 9.17) is 5.73 Å². The molecule has 0 aromatic carbocycles. The maximum absolute atomic E-state index is 5.57. The largest absolute Gasteiger partial charge is 0.330 e. The lowest BCUT2D eigenvalue weighted by atomic mass is 10.1. The fourth-order valence-electron chi connectivity index (χ4n) is 2.01. The van der Waals surface area contributed by atoms with Gasteiger partial charge < -0.3 is 10.6 Å². The lowest BCUT2D eigenvalue weighted by Crippen LogP contribution is -2.22. The summed E-state index contributed by atoms with van der Waals surface area (Å²) >= 11 is 0. The first kappa shape index (κ1) is 11.0. The average Bonchev–Trinajstić information content (AvgIpc) is 2.51. The molecule has 0 aliphatic carbocycles. The Bertz CT molecular complexity index is 136. The molecule has 0 saturated carbocycles. The summed E-state index contributed by atoms with van der Waals surface area (Å²) < 4.78 is 0. The van der Waals surface area contributed by atoms with Gasteiger partial charge in [-0.15, -0.1) is 0 Å². The van der Waals surface area contributed by atoms with Gasteiger partial charge in [0.1, 0.15) is 0 Å². The third-order valence-electron chi connectivity index (χ3n) is 3.08. The monoisotopic (exact) mass is 184 g/mol. The molecular weight excluding hydrogens is 160 g/mol. The lowest BCUT2D eigenvalue weighted by Gasteiger charge is -2.16. The second-order valence-electron chi connectivity index (χ2n) is 4.68. The molecule has 1 aliphatic heterocycles. The Morgan fingerprint density at radius 2 is 2.31 bits per heavy atom. The highest BCUT2D eigenvalue weighted by atomic mass is 15.1. The topological polar surface area (TPSA) is 29.3 Å². The number of rotatable bonds is 5. The summed E-state index contributed by atoms with van der Waals surface area (Å²) in [6.45, 7) is 9.36. The fourth-order valence-corrected chi connectivity index (χ4v) is 2.01. The zero-order valence-electron chi connectivity index (χ0n) is 9.13. The predicted molar refractivity (Wildman–Crippen MR) is 57.7 cm³/mol. The highest BCUT2D eigenvalue weighted by molar-refractivity contribution is 4.72. The van der Waals surface area contributed by atoms with Crippen LogP contribution in [0.3, 0.4) is 0 Å². The minimum absolute atomic E-state index is 0.708. The van der Waals surface area contributed by atoms with Gasteiger partial charge in [0.25, 0.3) is 0 Å². The van der Waals surface area contributed by atoms with Crippen LogP contribution in [0.15, 0.2) is 0 Å². The first-order valence-electron chi connectivity index (χ1n) is 5.64. The molecule has 2 atom stereocenters. The van der Waals surface area contributed by atoms with E-state index in [0.29, 0.717) is 5.92 Å². The van der Waals surface area contributed by atoms with Gasteiger partial charge in [-0.25, -0.2) is 0 Å². The maximum atomic E-state index is 5.57. The van der Waals surface area contributed by atoms with E-state index in [-0.39, 0.29) is 0 Å². The Balaban J connectivity index is 2.00. The third-order valence-corrected chi connectivity index (χ3v) is 3.08. The zero-order valence-corrected chi connectivity index (χ0v) is 9.13. The minimum atomic E-state index is 0.708. The Morgan fingerprint density at radius 1 is 1.54 bits per heavy atom. The summed E-state index contributed by atoms with van der Waals surface area (Å²) in [6, 6.07) is 0. The van der Waals surface area contributed by atoms with Crippen LogP contribution in [0.5, 0.6) is 0 Å². The minimum Gasteiger partial charge on any atom is -0.330 e. The normalized spacial score (nSPS) is 26.5. The molecule has 2 unspecified atom stereocenters.